The van der Waals surface area contributed by atoms with Gasteiger partial charge in [0.2, 0.25) is 0 Å². The zero-order valence-corrected chi connectivity index (χ0v) is 33.7. The number of nitrogens with zero attached hydrogens (tertiary/aromatic N) is 1. The molecule has 0 atom stereocenters. The molecule has 5 aromatic carbocycles. The second-order valence-electron chi connectivity index (χ2n) is 14.1. The van der Waals surface area contributed by atoms with Crippen LogP contribution in [0.25, 0.3) is 0 Å². The molecule has 0 spiro atoms. The lowest BCUT2D eigenvalue weighted by molar-refractivity contribution is -0.384. The fourth-order valence-electron chi connectivity index (χ4n) is 6.10. The van der Waals surface area contributed by atoms with Crippen molar-refractivity contribution in [3.8, 4) is 28.7 Å². The number of nitro groups is 1. The molecule has 12 heteroatoms. The summed E-state index contributed by atoms with van der Waals surface area (Å²) < 4.78 is 27.5. The number of ether oxygens (including phenoxy) is 5. The van der Waals surface area contributed by atoms with Gasteiger partial charge in [-0.25, -0.2) is 19.2 Å². The summed E-state index contributed by atoms with van der Waals surface area (Å²) >= 11 is 0. The fraction of sp³-hybridized carbons (Fsp3) is 0.292. The zero-order chi connectivity index (χ0) is 42.5. The molecule has 0 amide bonds. The van der Waals surface area contributed by atoms with E-state index in [-0.39, 0.29) is 45.2 Å². The topological polar surface area (TPSA) is 158 Å². The van der Waals surface area contributed by atoms with Crippen LogP contribution in [-0.4, -0.2) is 35.4 Å². The minimum atomic E-state index is -0.723. The van der Waals surface area contributed by atoms with Gasteiger partial charge in [-0.05, 0) is 116 Å². The van der Waals surface area contributed by atoms with Gasteiger partial charge in [-0.15, -0.1) is 0 Å². The Balaban J connectivity index is 0.980. The van der Waals surface area contributed by atoms with Crippen molar-refractivity contribution in [2.75, 3.05) is 6.61 Å². The number of carbonyl (C=O) groups is 4. The standard InChI is InChI=1S/C48H49NO11/c1-2-3-4-5-6-7-8-9-10-11-12-13-34-56-40-30-32-44(33-31-40)60-48(53)38-20-28-43(29-21-38)59-47(52)37-18-26-42(27-19-37)58-46(51)36-16-24-41(25-17-36)57-45(50)35-14-22-39(23-15-35)49(54)55/h14-33H,2-13,34H2,1H3. The number of non-ortho nitro benzene ring substituents is 1. The molecule has 0 heterocycles. The van der Waals surface area contributed by atoms with Gasteiger partial charge in [0.15, 0.2) is 0 Å². The van der Waals surface area contributed by atoms with Crippen LogP contribution in [-0.2, 0) is 0 Å². The fourth-order valence-corrected chi connectivity index (χ4v) is 6.10. The Morgan fingerprint density at radius 3 is 0.983 bits per heavy atom. The summed E-state index contributed by atoms with van der Waals surface area (Å²) in [5.74, 6) is -1.02. The predicted octanol–water partition coefficient (Wildman–Crippen LogP) is 11.6. The molecule has 0 saturated heterocycles. The molecule has 0 saturated carbocycles. The molecule has 0 radical (unpaired) electrons. The van der Waals surface area contributed by atoms with Crippen molar-refractivity contribution in [2.24, 2.45) is 0 Å². The summed E-state index contributed by atoms with van der Waals surface area (Å²) in [6.07, 6.45) is 15.5. The van der Waals surface area contributed by atoms with E-state index in [0.29, 0.717) is 12.4 Å². The Hall–Kier alpha value is -6.82. The van der Waals surface area contributed by atoms with Gasteiger partial charge >= 0.3 is 23.9 Å². The van der Waals surface area contributed by atoms with Crippen molar-refractivity contribution in [3.63, 3.8) is 0 Å². The molecule has 0 fully saturated rings. The van der Waals surface area contributed by atoms with Crippen LogP contribution in [0.2, 0.25) is 0 Å². The van der Waals surface area contributed by atoms with Crippen LogP contribution in [0.3, 0.4) is 0 Å². The lowest BCUT2D eigenvalue weighted by Gasteiger charge is -2.09. The maximum Gasteiger partial charge on any atom is 0.343 e. The van der Waals surface area contributed by atoms with Gasteiger partial charge in [0.25, 0.3) is 5.69 Å². The first-order valence-electron chi connectivity index (χ1n) is 20.3. The first kappa shape index (κ1) is 44.3. The second kappa shape index (κ2) is 23.6. The van der Waals surface area contributed by atoms with Crippen LogP contribution in [0.4, 0.5) is 5.69 Å². The minimum absolute atomic E-state index is 0.120. The lowest BCUT2D eigenvalue weighted by atomic mass is 10.1. The molecule has 12 nitrogen and oxygen atoms in total. The predicted molar refractivity (Wildman–Crippen MR) is 225 cm³/mol. The normalized spacial score (nSPS) is 10.7. The van der Waals surface area contributed by atoms with Gasteiger partial charge in [-0.1, -0.05) is 77.6 Å². The van der Waals surface area contributed by atoms with E-state index in [1.807, 2.05) is 0 Å². The number of rotatable bonds is 23. The number of carbonyl (C=O) groups excluding carboxylic acids is 4. The monoisotopic (exact) mass is 815 g/mol. The molecule has 312 valence electrons. The molecular weight excluding hydrogens is 767 g/mol. The summed E-state index contributed by atoms with van der Waals surface area (Å²) in [5.41, 5.74) is 0.597. The number of benzene rings is 5. The van der Waals surface area contributed by atoms with Crippen LogP contribution < -0.4 is 23.7 Å². The molecule has 0 N–H and O–H groups in total. The van der Waals surface area contributed by atoms with Crippen molar-refractivity contribution >= 4 is 29.6 Å². The molecule has 60 heavy (non-hydrogen) atoms. The third-order valence-corrected chi connectivity index (χ3v) is 9.52. The summed E-state index contributed by atoms with van der Waals surface area (Å²) in [6, 6.07) is 29.2. The van der Waals surface area contributed by atoms with E-state index in [2.05, 4.69) is 6.92 Å². The highest BCUT2D eigenvalue weighted by molar-refractivity contribution is 5.94. The van der Waals surface area contributed by atoms with Crippen LogP contribution in [0.15, 0.2) is 121 Å². The maximum atomic E-state index is 12.8. The Morgan fingerprint density at radius 2 is 0.667 bits per heavy atom. The molecule has 0 aliphatic carbocycles. The average molecular weight is 816 g/mol. The van der Waals surface area contributed by atoms with E-state index < -0.39 is 28.8 Å². The minimum Gasteiger partial charge on any atom is -0.494 e. The van der Waals surface area contributed by atoms with E-state index in [1.54, 1.807) is 24.3 Å². The van der Waals surface area contributed by atoms with Crippen LogP contribution in [0, 0.1) is 10.1 Å². The van der Waals surface area contributed by atoms with Crippen molar-refractivity contribution < 1.29 is 47.8 Å². The number of hydrogen-bond donors (Lipinski definition) is 0. The molecule has 0 aliphatic rings. The Morgan fingerprint density at radius 1 is 0.400 bits per heavy atom. The summed E-state index contributed by atoms with van der Waals surface area (Å²) in [6.45, 7) is 2.90. The smallest absolute Gasteiger partial charge is 0.343 e. The summed E-state index contributed by atoms with van der Waals surface area (Å²) in [7, 11) is 0. The number of unbranched alkanes of at least 4 members (excludes halogenated alkanes) is 11. The van der Waals surface area contributed by atoms with Gasteiger partial charge in [-0.3, -0.25) is 10.1 Å². The summed E-state index contributed by atoms with van der Waals surface area (Å²) in [4.78, 5) is 60.9. The molecule has 5 rings (SSSR count). The highest BCUT2D eigenvalue weighted by atomic mass is 16.6. The quantitative estimate of drug-likeness (QED) is 0.0203. The Labute approximate surface area is 349 Å². The van der Waals surface area contributed by atoms with Gasteiger partial charge < -0.3 is 23.7 Å². The maximum absolute atomic E-state index is 12.8. The van der Waals surface area contributed by atoms with Crippen molar-refractivity contribution in [1.29, 1.82) is 0 Å². The molecule has 0 aliphatic heterocycles. The second-order valence-corrected chi connectivity index (χ2v) is 14.1. The number of nitro benzene ring substituents is 1. The SMILES string of the molecule is CCCCCCCCCCCCCCOc1ccc(OC(=O)c2ccc(OC(=O)c3ccc(OC(=O)c4ccc(OC(=O)c5ccc([N+](=O)[O-])cc5)cc4)cc3)cc2)cc1. The van der Waals surface area contributed by atoms with Gasteiger partial charge in [0.1, 0.15) is 28.7 Å². The van der Waals surface area contributed by atoms with Crippen molar-refractivity contribution in [1.82, 2.24) is 0 Å². The van der Waals surface area contributed by atoms with Crippen molar-refractivity contribution in [2.45, 2.75) is 84.0 Å². The molecule has 0 bridgehead atoms. The largest absolute Gasteiger partial charge is 0.494 e. The van der Waals surface area contributed by atoms with Crippen LogP contribution in [0.1, 0.15) is 125 Å². The van der Waals surface area contributed by atoms with Crippen molar-refractivity contribution in [3.05, 3.63) is 154 Å². The van der Waals surface area contributed by atoms with Crippen LogP contribution in [0.5, 0.6) is 28.7 Å². The van der Waals surface area contributed by atoms with Crippen LogP contribution >= 0.6 is 0 Å². The van der Waals surface area contributed by atoms with E-state index in [9.17, 15) is 29.3 Å². The number of hydrogen-bond acceptors (Lipinski definition) is 11. The molecule has 5 aromatic rings. The van der Waals surface area contributed by atoms with E-state index >= 15 is 0 Å². The van der Waals surface area contributed by atoms with E-state index in [1.165, 1.54) is 161 Å². The average Bonchev–Trinajstić information content (AvgIpc) is 3.26. The molecular formula is C48H49NO11. The van der Waals surface area contributed by atoms with Gasteiger partial charge in [0.05, 0.1) is 33.8 Å². The van der Waals surface area contributed by atoms with Gasteiger partial charge in [0, 0.05) is 12.1 Å². The first-order chi connectivity index (χ1) is 29.2. The van der Waals surface area contributed by atoms with Gasteiger partial charge in [-0.2, -0.15) is 0 Å². The third-order valence-electron chi connectivity index (χ3n) is 9.52. The molecule has 0 aromatic heterocycles. The first-order valence-corrected chi connectivity index (χ1v) is 20.3. The zero-order valence-electron chi connectivity index (χ0n) is 33.7. The molecule has 0 unspecified atom stereocenters. The Bertz CT molecular complexity index is 2150. The number of esters is 4. The van der Waals surface area contributed by atoms with E-state index in [4.69, 9.17) is 23.7 Å². The summed E-state index contributed by atoms with van der Waals surface area (Å²) in [5, 5.41) is 10.8. The van der Waals surface area contributed by atoms with E-state index in [0.717, 1.165) is 18.6 Å². The lowest BCUT2D eigenvalue weighted by Crippen LogP contribution is -2.11. The Kier molecular flexibility index (Phi) is 17.4. The highest BCUT2D eigenvalue weighted by Crippen LogP contribution is 2.23. The third kappa shape index (κ3) is 14.5. The highest BCUT2D eigenvalue weighted by Gasteiger charge is 2.16.